The van der Waals surface area contributed by atoms with Gasteiger partial charge in [0.05, 0.1) is 5.56 Å². The van der Waals surface area contributed by atoms with Crippen molar-refractivity contribution in [3.63, 3.8) is 0 Å². The molecule has 0 saturated carbocycles. The molecule has 2 rings (SSSR count). The van der Waals surface area contributed by atoms with Gasteiger partial charge < -0.3 is 4.74 Å². The summed E-state index contributed by atoms with van der Waals surface area (Å²) in [5, 5.41) is 0. The zero-order valence-corrected chi connectivity index (χ0v) is 10.0. The van der Waals surface area contributed by atoms with E-state index < -0.39 is 5.82 Å². The molecule has 92 valence electrons. The van der Waals surface area contributed by atoms with Crippen molar-refractivity contribution < 1.29 is 13.9 Å². The summed E-state index contributed by atoms with van der Waals surface area (Å²) in [4.78, 5) is 10.8. The second-order valence-corrected chi connectivity index (χ2v) is 3.99. The Kier molecular flexibility index (Phi) is 3.72. The molecule has 0 bridgehead atoms. The summed E-state index contributed by atoms with van der Waals surface area (Å²) in [6.07, 6.45) is 0.594. The highest BCUT2D eigenvalue weighted by Gasteiger charge is 2.09. The predicted molar refractivity (Wildman–Crippen MR) is 67.3 cm³/mol. The van der Waals surface area contributed by atoms with E-state index >= 15 is 0 Å². The molecule has 0 atom stereocenters. The monoisotopic (exact) mass is 244 g/mol. The summed E-state index contributed by atoms with van der Waals surface area (Å²) in [7, 11) is 0. The second kappa shape index (κ2) is 5.45. The third-order valence-corrected chi connectivity index (χ3v) is 2.76. The third kappa shape index (κ3) is 2.56. The summed E-state index contributed by atoms with van der Waals surface area (Å²) in [6.45, 7) is 2.20. The number of para-hydroxylation sites is 1. The Balaban J connectivity index is 2.21. The maximum Gasteiger partial charge on any atom is 0.165 e. The lowest BCUT2D eigenvalue weighted by Crippen LogP contribution is -2.01. The zero-order chi connectivity index (χ0) is 13.0. The van der Waals surface area contributed by atoms with Gasteiger partial charge in [-0.15, -0.1) is 0 Å². The average Bonchev–Trinajstić information content (AvgIpc) is 2.39. The van der Waals surface area contributed by atoms with E-state index in [-0.39, 0.29) is 17.9 Å². The van der Waals surface area contributed by atoms with Gasteiger partial charge in [0, 0.05) is 0 Å². The quantitative estimate of drug-likeness (QED) is 0.769. The molecule has 0 unspecified atom stereocenters. The maximum atomic E-state index is 13.6. The van der Waals surface area contributed by atoms with Crippen LogP contribution in [0, 0.1) is 12.7 Å². The number of ether oxygens (including phenoxy) is 1. The number of halogens is 1. The van der Waals surface area contributed by atoms with Crippen LogP contribution in [0.1, 0.15) is 21.5 Å². The van der Waals surface area contributed by atoms with Gasteiger partial charge >= 0.3 is 0 Å². The van der Waals surface area contributed by atoms with Gasteiger partial charge in [0.1, 0.15) is 6.61 Å². The van der Waals surface area contributed by atoms with E-state index in [0.29, 0.717) is 6.29 Å². The van der Waals surface area contributed by atoms with E-state index in [4.69, 9.17) is 4.74 Å². The van der Waals surface area contributed by atoms with E-state index in [1.807, 2.05) is 31.2 Å². The Bertz CT molecular complexity index is 564. The molecule has 0 aliphatic carbocycles. The van der Waals surface area contributed by atoms with Crippen LogP contribution >= 0.6 is 0 Å². The fourth-order valence-electron chi connectivity index (χ4n) is 1.69. The molecule has 0 aromatic heterocycles. The molecule has 0 spiro atoms. The fourth-order valence-corrected chi connectivity index (χ4v) is 1.69. The van der Waals surface area contributed by atoms with Crippen LogP contribution in [-0.2, 0) is 6.61 Å². The number of rotatable bonds is 4. The van der Waals surface area contributed by atoms with Crippen molar-refractivity contribution in [3.8, 4) is 5.75 Å². The highest BCUT2D eigenvalue weighted by molar-refractivity contribution is 5.79. The molecule has 0 fully saturated rings. The lowest BCUT2D eigenvalue weighted by molar-refractivity contribution is 0.111. The first-order chi connectivity index (χ1) is 8.72. The topological polar surface area (TPSA) is 26.3 Å². The van der Waals surface area contributed by atoms with Crippen LogP contribution in [0.5, 0.6) is 5.75 Å². The highest BCUT2D eigenvalue weighted by atomic mass is 19.1. The van der Waals surface area contributed by atoms with E-state index in [1.165, 1.54) is 18.2 Å². The van der Waals surface area contributed by atoms with Crippen LogP contribution in [0.3, 0.4) is 0 Å². The summed E-state index contributed by atoms with van der Waals surface area (Å²) < 4.78 is 19.0. The largest absolute Gasteiger partial charge is 0.485 e. The van der Waals surface area contributed by atoms with E-state index in [2.05, 4.69) is 0 Å². The number of hydrogen-bond acceptors (Lipinski definition) is 2. The van der Waals surface area contributed by atoms with Crippen molar-refractivity contribution in [3.05, 3.63) is 65.0 Å². The zero-order valence-electron chi connectivity index (χ0n) is 10.0. The SMILES string of the molecule is Cc1ccccc1COc1c(F)cccc1C=O. The number of carbonyl (C=O) groups excluding carboxylic acids is 1. The average molecular weight is 244 g/mol. The molecule has 18 heavy (non-hydrogen) atoms. The van der Waals surface area contributed by atoms with E-state index in [0.717, 1.165) is 11.1 Å². The lowest BCUT2D eigenvalue weighted by Gasteiger charge is -2.10. The molecule has 0 aliphatic rings. The van der Waals surface area contributed by atoms with Crippen molar-refractivity contribution in [1.29, 1.82) is 0 Å². The van der Waals surface area contributed by atoms with Crippen LogP contribution < -0.4 is 4.74 Å². The molecule has 0 radical (unpaired) electrons. The molecule has 2 nitrogen and oxygen atoms in total. The van der Waals surface area contributed by atoms with Gasteiger partial charge in [0.2, 0.25) is 0 Å². The maximum absolute atomic E-state index is 13.6. The van der Waals surface area contributed by atoms with Crippen molar-refractivity contribution in [1.82, 2.24) is 0 Å². The number of hydrogen-bond donors (Lipinski definition) is 0. The molecule has 2 aromatic rings. The first-order valence-electron chi connectivity index (χ1n) is 5.63. The van der Waals surface area contributed by atoms with Crippen molar-refractivity contribution in [2.24, 2.45) is 0 Å². The minimum atomic E-state index is -0.520. The van der Waals surface area contributed by atoms with Crippen molar-refractivity contribution in [2.45, 2.75) is 13.5 Å². The number of aldehydes is 1. The van der Waals surface area contributed by atoms with Crippen LogP contribution in [0.25, 0.3) is 0 Å². The molecular formula is C15H13FO2. The predicted octanol–water partition coefficient (Wildman–Crippen LogP) is 3.53. The van der Waals surface area contributed by atoms with Crippen molar-refractivity contribution in [2.75, 3.05) is 0 Å². The molecule has 0 heterocycles. The molecule has 0 saturated heterocycles. The fraction of sp³-hybridized carbons (Fsp3) is 0.133. The summed E-state index contributed by atoms with van der Waals surface area (Å²) in [5.41, 5.74) is 2.27. The Labute approximate surface area is 105 Å². The standard InChI is InChI=1S/C15H13FO2/c1-11-5-2-3-6-13(11)10-18-15-12(9-17)7-4-8-14(15)16/h2-9H,10H2,1H3. The highest BCUT2D eigenvalue weighted by Crippen LogP contribution is 2.22. The Morgan fingerprint density at radius 2 is 1.94 bits per heavy atom. The molecule has 2 aromatic carbocycles. The van der Waals surface area contributed by atoms with Gasteiger partial charge in [-0.3, -0.25) is 4.79 Å². The van der Waals surface area contributed by atoms with Crippen LogP contribution in [-0.4, -0.2) is 6.29 Å². The minimum absolute atomic E-state index is 0.00996. The third-order valence-electron chi connectivity index (χ3n) is 2.76. The van der Waals surface area contributed by atoms with E-state index in [9.17, 15) is 9.18 Å². The van der Waals surface area contributed by atoms with Crippen molar-refractivity contribution >= 4 is 6.29 Å². The van der Waals surface area contributed by atoms with Crippen LogP contribution in [0.4, 0.5) is 4.39 Å². The Morgan fingerprint density at radius 3 is 2.67 bits per heavy atom. The van der Waals surface area contributed by atoms with Gasteiger partial charge in [-0.25, -0.2) is 4.39 Å². The number of benzene rings is 2. The van der Waals surface area contributed by atoms with Gasteiger partial charge in [-0.2, -0.15) is 0 Å². The van der Waals surface area contributed by atoms with Gasteiger partial charge in [-0.05, 0) is 30.2 Å². The van der Waals surface area contributed by atoms with Gasteiger partial charge in [-0.1, -0.05) is 30.3 Å². The number of carbonyl (C=O) groups is 1. The first-order valence-corrected chi connectivity index (χ1v) is 5.63. The van der Waals surface area contributed by atoms with Gasteiger partial charge in [0.25, 0.3) is 0 Å². The Hall–Kier alpha value is -2.16. The van der Waals surface area contributed by atoms with E-state index in [1.54, 1.807) is 0 Å². The second-order valence-electron chi connectivity index (χ2n) is 3.99. The summed E-state index contributed by atoms with van der Waals surface area (Å²) in [5.74, 6) is -0.510. The summed E-state index contributed by atoms with van der Waals surface area (Å²) in [6, 6.07) is 12.0. The first kappa shape index (κ1) is 12.3. The molecule has 0 amide bonds. The molecular weight excluding hydrogens is 231 g/mol. The molecule has 0 N–H and O–H groups in total. The number of aryl methyl sites for hydroxylation is 1. The normalized spacial score (nSPS) is 10.1. The van der Waals surface area contributed by atoms with Gasteiger partial charge in [0.15, 0.2) is 17.9 Å². The van der Waals surface area contributed by atoms with Crippen LogP contribution in [0.15, 0.2) is 42.5 Å². The minimum Gasteiger partial charge on any atom is -0.485 e. The van der Waals surface area contributed by atoms with Crippen LogP contribution in [0.2, 0.25) is 0 Å². The molecule has 0 aliphatic heterocycles. The molecule has 3 heteroatoms. The Morgan fingerprint density at radius 1 is 1.17 bits per heavy atom. The summed E-state index contributed by atoms with van der Waals surface area (Å²) >= 11 is 0. The smallest absolute Gasteiger partial charge is 0.165 e. The lowest BCUT2D eigenvalue weighted by atomic mass is 10.1.